The first-order valence-corrected chi connectivity index (χ1v) is 6.31. The molecule has 1 saturated heterocycles. The lowest BCUT2D eigenvalue weighted by Gasteiger charge is -2.16. The Labute approximate surface area is 103 Å². The summed E-state index contributed by atoms with van der Waals surface area (Å²) in [5.74, 6) is 0.821. The van der Waals surface area contributed by atoms with Crippen LogP contribution in [-0.2, 0) is 11.2 Å². The Kier molecular flexibility index (Phi) is 4.15. The van der Waals surface area contributed by atoms with E-state index < -0.39 is 0 Å². The van der Waals surface area contributed by atoms with Crippen molar-refractivity contribution in [1.82, 2.24) is 4.90 Å². The lowest BCUT2D eigenvalue weighted by molar-refractivity contribution is -0.130. The van der Waals surface area contributed by atoms with Crippen LogP contribution in [0.3, 0.4) is 0 Å². The molecule has 2 N–H and O–H groups in total. The number of amides is 1. The molecule has 0 radical (unpaired) electrons. The Bertz CT molecular complexity index is 364. The molecule has 0 aromatic heterocycles. The van der Waals surface area contributed by atoms with Gasteiger partial charge in [0.1, 0.15) is 0 Å². The van der Waals surface area contributed by atoms with Gasteiger partial charge in [-0.2, -0.15) is 0 Å². The molecule has 1 aliphatic rings. The molecular weight excluding hydrogens is 212 g/mol. The van der Waals surface area contributed by atoms with E-state index in [1.165, 1.54) is 5.56 Å². The molecule has 1 unspecified atom stereocenters. The monoisotopic (exact) mass is 232 g/mol. The van der Waals surface area contributed by atoms with Crippen LogP contribution in [0, 0.1) is 5.92 Å². The van der Waals surface area contributed by atoms with Gasteiger partial charge in [-0.15, -0.1) is 0 Å². The van der Waals surface area contributed by atoms with Gasteiger partial charge in [-0.1, -0.05) is 30.3 Å². The van der Waals surface area contributed by atoms with Gasteiger partial charge in [0.05, 0.1) is 0 Å². The highest BCUT2D eigenvalue weighted by molar-refractivity contribution is 5.76. The second-order valence-corrected chi connectivity index (χ2v) is 4.72. The standard InChI is InChI=1S/C14H20N2O/c15-8-6-14(17)16-9-7-13(11-16)10-12-4-2-1-3-5-12/h1-5,13H,6-11,15H2. The summed E-state index contributed by atoms with van der Waals surface area (Å²) in [5.41, 5.74) is 6.77. The summed E-state index contributed by atoms with van der Waals surface area (Å²) in [5, 5.41) is 0. The zero-order valence-corrected chi connectivity index (χ0v) is 10.1. The number of hydrogen-bond donors (Lipinski definition) is 1. The van der Waals surface area contributed by atoms with Gasteiger partial charge in [-0.05, 0) is 24.3 Å². The highest BCUT2D eigenvalue weighted by atomic mass is 16.2. The minimum Gasteiger partial charge on any atom is -0.342 e. The Morgan fingerprint density at radius 1 is 1.35 bits per heavy atom. The highest BCUT2D eigenvalue weighted by Crippen LogP contribution is 2.21. The number of benzene rings is 1. The van der Waals surface area contributed by atoms with Gasteiger partial charge < -0.3 is 10.6 Å². The predicted molar refractivity (Wildman–Crippen MR) is 68.5 cm³/mol. The first kappa shape index (κ1) is 12.1. The average Bonchev–Trinajstić information content (AvgIpc) is 2.79. The van der Waals surface area contributed by atoms with Crippen molar-refractivity contribution < 1.29 is 4.79 Å². The average molecular weight is 232 g/mol. The summed E-state index contributed by atoms with van der Waals surface area (Å²) in [4.78, 5) is 13.6. The molecular formula is C14H20N2O. The summed E-state index contributed by atoms with van der Waals surface area (Å²) < 4.78 is 0. The lowest BCUT2D eigenvalue weighted by atomic mass is 9.99. The molecule has 1 aromatic rings. The minimum atomic E-state index is 0.211. The molecule has 1 aliphatic heterocycles. The summed E-state index contributed by atoms with van der Waals surface area (Å²) in [6.07, 6.45) is 2.68. The fourth-order valence-corrected chi connectivity index (χ4v) is 2.45. The molecule has 17 heavy (non-hydrogen) atoms. The van der Waals surface area contributed by atoms with Crippen molar-refractivity contribution in [3.63, 3.8) is 0 Å². The van der Waals surface area contributed by atoms with E-state index in [4.69, 9.17) is 5.73 Å². The van der Waals surface area contributed by atoms with Crippen LogP contribution in [0.5, 0.6) is 0 Å². The van der Waals surface area contributed by atoms with E-state index in [1.54, 1.807) is 0 Å². The van der Waals surface area contributed by atoms with E-state index in [0.717, 1.165) is 25.9 Å². The Hall–Kier alpha value is -1.35. The van der Waals surface area contributed by atoms with Gasteiger partial charge >= 0.3 is 0 Å². The maximum atomic E-state index is 11.7. The van der Waals surface area contributed by atoms with E-state index in [2.05, 4.69) is 24.3 Å². The molecule has 1 fully saturated rings. The number of carbonyl (C=O) groups excluding carboxylic acids is 1. The van der Waals surface area contributed by atoms with Crippen molar-refractivity contribution in [2.45, 2.75) is 19.3 Å². The molecule has 0 spiro atoms. The van der Waals surface area contributed by atoms with Crippen LogP contribution in [0.25, 0.3) is 0 Å². The summed E-state index contributed by atoms with van der Waals surface area (Å²) >= 11 is 0. The van der Waals surface area contributed by atoms with Crippen molar-refractivity contribution in [3.05, 3.63) is 35.9 Å². The Morgan fingerprint density at radius 3 is 2.82 bits per heavy atom. The van der Waals surface area contributed by atoms with Crippen LogP contribution in [0.2, 0.25) is 0 Å². The third-order valence-corrected chi connectivity index (χ3v) is 3.36. The molecule has 3 heteroatoms. The van der Waals surface area contributed by atoms with Crippen LogP contribution >= 0.6 is 0 Å². The number of nitrogens with zero attached hydrogens (tertiary/aromatic N) is 1. The van der Waals surface area contributed by atoms with E-state index in [9.17, 15) is 4.79 Å². The van der Waals surface area contributed by atoms with Crippen LogP contribution < -0.4 is 5.73 Å². The maximum Gasteiger partial charge on any atom is 0.223 e. The van der Waals surface area contributed by atoms with Crippen LogP contribution in [0.15, 0.2) is 30.3 Å². The van der Waals surface area contributed by atoms with Gasteiger partial charge in [0, 0.05) is 26.1 Å². The first-order valence-electron chi connectivity index (χ1n) is 6.31. The van der Waals surface area contributed by atoms with E-state index >= 15 is 0 Å². The van der Waals surface area contributed by atoms with Gasteiger partial charge in [-0.25, -0.2) is 0 Å². The van der Waals surface area contributed by atoms with E-state index in [-0.39, 0.29) is 5.91 Å². The normalized spacial score (nSPS) is 19.6. The molecule has 1 amide bonds. The smallest absolute Gasteiger partial charge is 0.223 e. The molecule has 92 valence electrons. The fraction of sp³-hybridized carbons (Fsp3) is 0.500. The van der Waals surface area contributed by atoms with Crippen molar-refractivity contribution >= 4 is 5.91 Å². The molecule has 1 atom stereocenters. The van der Waals surface area contributed by atoms with Crippen molar-refractivity contribution in [2.24, 2.45) is 11.7 Å². The van der Waals surface area contributed by atoms with E-state index in [0.29, 0.717) is 18.9 Å². The molecule has 0 bridgehead atoms. The third kappa shape index (κ3) is 3.30. The molecule has 2 rings (SSSR count). The topological polar surface area (TPSA) is 46.3 Å². The van der Waals surface area contributed by atoms with Crippen LogP contribution in [0.4, 0.5) is 0 Å². The van der Waals surface area contributed by atoms with E-state index in [1.807, 2.05) is 11.0 Å². The van der Waals surface area contributed by atoms with Gasteiger partial charge in [0.15, 0.2) is 0 Å². The maximum absolute atomic E-state index is 11.7. The predicted octanol–water partition coefficient (Wildman–Crippen LogP) is 1.43. The number of hydrogen-bond acceptors (Lipinski definition) is 2. The number of likely N-dealkylation sites (tertiary alicyclic amines) is 1. The molecule has 3 nitrogen and oxygen atoms in total. The Morgan fingerprint density at radius 2 is 2.12 bits per heavy atom. The summed E-state index contributed by atoms with van der Waals surface area (Å²) in [6.45, 7) is 2.25. The number of carbonyl (C=O) groups is 1. The fourth-order valence-electron chi connectivity index (χ4n) is 2.45. The zero-order valence-electron chi connectivity index (χ0n) is 10.1. The van der Waals surface area contributed by atoms with Crippen molar-refractivity contribution in [1.29, 1.82) is 0 Å². The second kappa shape index (κ2) is 5.82. The SMILES string of the molecule is NCCC(=O)N1CCC(Cc2ccccc2)C1. The number of rotatable bonds is 4. The second-order valence-electron chi connectivity index (χ2n) is 4.72. The first-order chi connectivity index (χ1) is 8.29. The summed E-state index contributed by atoms with van der Waals surface area (Å²) in [7, 11) is 0. The molecule has 0 saturated carbocycles. The van der Waals surface area contributed by atoms with Gasteiger partial charge in [0.2, 0.25) is 5.91 Å². The molecule has 1 heterocycles. The molecule has 0 aliphatic carbocycles. The van der Waals surface area contributed by atoms with Crippen molar-refractivity contribution in [2.75, 3.05) is 19.6 Å². The van der Waals surface area contributed by atoms with Crippen LogP contribution in [-0.4, -0.2) is 30.4 Å². The summed E-state index contributed by atoms with van der Waals surface area (Å²) in [6, 6.07) is 10.5. The third-order valence-electron chi connectivity index (χ3n) is 3.36. The zero-order chi connectivity index (χ0) is 12.1. The largest absolute Gasteiger partial charge is 0.342 e. The quantitative estimate of drug-likeness (QED) is 0.853. The van der Waals surface area contributed by atoms with Crippen molar-refractivity contribution in [3.8, 4) is 0 Å². The number of nitrogens with two attached hydrogens (primary N) is 1. The minimum absolute atomic E-state index is 0.211. The van der Waals surface area contributed by atoms with Gasteiger partial charge in [0.25, 0.3) is 0 Å². The van der Waals surface area contributed by atoms with Crippen LogP contribution in [0.1, 0.15) is 18.4 Å². The van der Waals surface area contributed by atoms with Gasteiger partial charge in [-0.3, -0.25) is 4.79 Å². The highest BCUT2D eigenvalue weighted by Gasteiger charge is 2.25. The Balaban J connectivity index is 1.84. The lowest BCUT2D eigenvalue weighted by Crippen LogP contribution is -2.30. The molecule has 1 aromatic carbocycles.